The van der Waals surface area contributed by atoms with Crippen LogP contribution in [-0.4, -0.2) is 34.5 Å². The number of hydrogen-bond donors (Lipinski definition) is 2. The first kappa shape index (κ1) is 16.4. The SMILES string of the molecule is Cc1ccc(NCCN2C(=O)S[C@@H](Nc3ccccc3)C2=O)cc1. The Hall–Kier alpha value is -2.47. The molecule has 0 saturated carbocycles. The molecule has 1 fully saturated rings. The molecule has 0 spiro atoms. The van der Waals surface area contributed by atoms with Crippen LogP contribution in [0.4, 0.5) is 16.2 Å². The topological polar surface area (TPSA) is 61.4 Å². The summed E-state index contributed by atoms with van der Waals surface area (Å²) in [5.74, 6) is -0.195. The lowest BCUT2D eigenvalue weighted by Crippen LogP contribution is -2.37. The summed E-state index contributed by atoms with van der Waals surface area (Å²) in [6, 6.07) is 17.4. The third-order valence-electron chi connectivity index (χ3n) is 3.72. The van der Waals surface area contributed by atoms with Crippen LogP contribution in [-0.2, 0) is 4.79 Å². The lowest BCUT2D eigenvalue weighted by atomic mass is 10.2. The number of benzene rings is 2. The van der Waals surface area contributed by atoms with Crippen molar-refractivity contribution in [3.05, 3.63) is 60.2 Å². The smallest absolute Gasteiger partial charge is 0.290 e. The molecule has 0 bridgehead atoms. The van der Waals surface area contributed by atoms with E-state index in [4.69, 9.17) is 0 Å². The van der Waals surface area contributed by atoms with Gasteiger partial charge in [0.1, 0.15) is 0 Å². The number of anilines is 2. The van der Waals surface area contributed by atoms with Crippen molar-refractivity contribution in [2.75, 3.05) is 23.7 Å². The predicted molar refractivity (Wildman–Crippen MR) is 98.2 cm³/mol. The Morgan fingerprint density at radius 2 is 1.71 bits per heavy atom. The molecule has 1 atom stereocenters. The molecule has 2 amide bonds. The molecular weight excluding hydrogens is 322 g/mol. The van der Waals surface area contributed by atoms with Gasteiger partial charge in [-0.05, 0) is 43.0 Å². The van der Waals surface area contributed by atoms with Crippen molar-refractivity contribution in [3.8, 4) is 0 Å². The van der Waals surface area contributed by atoms with E-state index in [1.54, 1.807) is 0 Å². The summed E-state index contributed by atoms with van der Waals surface area (Å²) in [5, 5.41) is 5.56. The minimum atomic E-state index is -0.556. The molecule has 1 aliphatic rings. The molecule has 5 nitrogen and oxygen atoms in total. The van der Waals surface area contributed by atoms with Crippen molar-refractivity contribution in [1.82, 2.24) is 4.90 Å². The normalized spacial score (nSPS) is 17.2. The van der Waals surface area contributed by atoms with Crippen LogP contribution >= 0.6 is 11.8 Å². The molecule has 1 aliphatic heterocycles. The maximum atomic E-state index is 12.4. The van der Waals surface area contributed by atoms with Gasteiger partial charge in [-0.2, -0.15) is 0 Å². The van der Waals surface area contributed by atoms with Gasteiger partial charge in [0.25, 0.3) is 11.1 Å². The van der Waals surface area contributed by atoms with Crippen molar-refractivity contribution < 1.29 is 9.59 Å². The summed E-state index contributed by atoms with van der Waals surface area (Å²) < 4.78 is 0. The Labute approximate surface area is 145 Å². The van der Waals surface area contributed by atoms with Gasteiger partial charge in [0.15, 0.2) is 5.37 Å². The van der Waals surface area contributed by atoms with Crippen LogP contribution in [0.25, 0.3) is 0 Å². The zero-order valence-electron chi connectivity index (χ0n) is 13.4. The van der Waals surface area contributed by atoms with Gasteiger partial charge in [-0.1, -0.05) is 35.9 Å². The maximum Gasteiger partial charge on any atom is 0.290 e. The van der Waals surface area contributed by atoms with Gasteiger partial charge < -0.3 is 10.6 Å². The van der Waals surface area contributed by atoms with Crippen LogP contribution in [0, 0.1) is 6.92 Å². The fourth-order valence-corrected chi connectivity index (χ4v) is 3.34. The number of para-hydroxylation sites is 1. The zero-order chi connectivity index (χ0) is 16.9. The van der Waals surface area contributed by atoms with Crippen LogP contribution in [0.3, 0.4) is 0 Å². The van der Waals surface area contributed by atoms with E-state index in [0.29, 0.717) is 13.1 Å². The highest BCUT2D eigenvalue weighted by Crippen LogP contribution is 2.27. The fraction of sp³-hybridized carbons (Fsp3) is 0.222. The van der Waals surface area contributed by atoms with E-state index in [9.17, 15) is 9.59 Å². The van der Waals surface area contributed by atoms with Gasteiger partial charge >= 0.3 is 0 Å². The quantitative estimate of drug-likeness (QED) is 0.841. The predicted octanol–water partition coefficient (Wildman–Crippen LogP) is 3.54. The zero-order valence-corrected chi connectivity index (χ0v) is 14.2. The molecule has 1 heterocycles. The van der Waals surface area contributed by atoms with Crippen molar-refractivity contribution >= 4 is 34.3 Å². The maximum absolute atomic E-state index is 12.4. The molecule has 2 N–H and O–H groups in total. The molecule has 6 heteroatoms. The molecule has 24 heavy (non-hydrogen) atoms. The number of hydrogen-bond acceptors (Lipinski definition) is 5. The molecule has 124 valence electrons. The third-order valence-corrected chi connectivity index (χ3v) is 4.69. The summed E-state index contributed by atoms with van der Waals surface area (Å²) in [7, 11) is 0. The second-order valence-corrected chi connectivity index (χ2v) is 6.61. The highest BCUT2D eigenvalue weighted by atomic mass is 32.2. The monoisotopic (exact) mass is 341 g/mol. The molecule has 3 rings (SSSR count). The summed E-state index contributed by atoms with van der Waals surface area (Å²) in [6.07, 6.45) is 0. The van der Waals surface area contributed by atoms with E-state index in [2.05, 4.69) is 10.6 Å². The molecule has 2 aromatic carbocycles. The van der Waals surface area contributed by atoms with Crippen LogP contribution in [0.15, 0.2) is 54.6 Å². The third kappa shape index (κ3) is 3.89. The van der Waals surface area contributed by atoms with Crippen LogP contribution < -0.4 is 10.6 Å². The summed E-state index contributed by atoms with van der Waals surface area (Å²) in [5.41, 5.74) is 3.00. The van der Waals surface area contributed by atoms with Crippen LogP contribution in [0.1, 0.15) is 5.56 Å². The van der Waals surface area contributed by atoms with Crippen molar-refractivity contribution in [2.45, 2.75) is 12.3 Å². The number of rotatable bonds is 6. The molecule has 0 radical (unpaired) electrons. The summed E-state index contributed by atoms with van der Waals surface area (Å²) in [4.78, 5) is 25.8. The number of nitrogens with zero attached hydrogens (tertiary/aromatic N) is 1. The van der Waals surface area contributed by atoms with Crippen molar-refractivity contribution in [2.24, 2.45) is 0 Å². The molecule has 1 saturated heterocycles. The van der Waals surface area contributed by atoms with E-state index >= 15 is 0 Å². The minimum absolute atomic E-state index is 0.195. The first-order valence-corrected chi connectivity index (χ1v) is 8.65. The summed E-state index contributed by atoms with van der Waals surface area (Å²) in [6.45, 7) is 2.91. The van der Waals surface area contributed by atoms with Crippen LogP contribution in [0.5, 0.6) is 0 Å². The Kier molecular flexibility index (Phi) is 5.05. The average Bonchev–Trinajstić information content (AvgIpc) is 2.85. The fourth-order valence-electron chi connectivity index (χ4n) is 2.41. The first-order valence-electron chi connectivity index (χ1n) is 7.77. The number of amides is 2. The lowest BCUT2D eigenvalue weighted by molar-refractivity contribution is -0.126. The van der Waals surface area contributed by atoms with Gasteiger partial charge in [-0.15, -0.1) is 0 Å². The first-order chi connectivity index (χ1) is 11.6. The van der Waals surface area contributed by atoms with E-state index in [1.807, 2.05) is 61.5 Å². The van der Waals surface area contributed by atoms with Gasteiger partial charge in [0.05, 0.1) is 0 Å². The Bertz CT molecular complexity index is 719. The van der Waals surface area contributed by atoms with Gasteiger partial charge in [0, 0.05) is 24.5 Å². The van der Waals surface area contributed by atoms with Gasteiger partial charge in [-0.3, -0.25) is 14.5 Å². The highest BCUT2D eigenvalue weighted by molar-refractivity contribution is 8.15. The number of nitrogens with one attached hydrogen (secondary N) is 2. The number of carbonyl (C=O) groups is 2. The average molecular weight is 341 g/mol. The van der Waals surface area contributed by atoms with E-state index in [-0.39, 0.29) is 11.1 Å². The van der Waals surface area contributed by atoms with Gasteiger partial charge in [0.2, 0.25) is 0 Å². The standard InChI is InChI=1S/C18H19N3O2S/c1-13-7-9-14(10-8-13)19-11-12-21-17(22)16(24-18(21)23)20-15-5-3-2-4-6-15/h2-10,16,19-20H,11-12H2,1H3/t16-/m1/s1. The number of carbonyl (C=O) groups excluding carboxylic acids is 2. The number of imide groups is 1. The Morgan fingerprint density at radius 3 is 2.42 bits per heavy atom. The van der Waals surface area contributed by atoms with Gasteiger partial charge in [-0.25, -0.2) is 0 Å². The van der Waals surface area contributed by atoms with E-state index in [0.717, 1.165) is 23.1 Å². The van der Waals surface area contributed by atoms with Crippen LogP contribution in [0.2, 0.25) is 0 Å². The molecule has 2 aromatic rings. The van der Waals surface area contributed by atoms with E-state index in [1.165, 1.54) is 10.5 Å². The number of thioether (sulfide) groups is 1. The molecular formula is C18H19N3O2S. The van der Waals surface area contributed by atoms with Crippen molar-refractivity contribution in [1.29, 1.82) is 0 Å². The Morgan fingerprint density at radius 1 is 1.00 bits per heavy atom. The largest absolute Gasteiger partial charge is 0.383 e. The minimum Gasteiger partial charge on any atom is -0.383 e. The highest BCUT2D eigenvalue weighted by Gasteiger charge is 2.39. The molecule has 0 aromatic heterocycles. The lowest BCUT2D eigenvalue weighted by Gasteiger charge is -2.15. The second-order valence-electron chi connectivity index (χ2n) is 5.56. The van der Waals surface area contributed by atoms with E-state index < -0.39 is 5.37 Å². The molecule has 0 unspecified atom stereocenters. The second kappa shape index (κ2) is 7.40. The number of aryl methyl sites for hydroxylation is 1. The Balaban J connectivity index is 1.53. The summed E-state index contributed by atoms with van der Waals surface area (Å²) >= 11 is 1.02. The molecule has 0 aliphatic carbocycles. The van der Waals surface area contributed by atoms with Crippen molar-refractivity contribution in [3.63, 3.8) is 0 Å².